The van der Waals surface area contributed by atoms with Crippen LogP contribution in [0.2, 0.25) is 0 Å². The summed E-state index contributed by atoms with van der Waals surface area (Å²) in [5, 5.41) is 0. The van der Waals surface area contributed by atoms with Gasteiger partial charge in [-0.25, -0.2) is 0 Å². The predicted octanol–water partition coefficient (Wildman–Crippen LogP) is 1.65. The molecular formula is C13H24N2O2. The molecule has 0 aromatic carbocycles. The molecule has 0 spiro atoms. The molecule has 0 bridgehead atoms. The van der Waals surface area contributed by atoms with Gasteiger partial charge in [-0.3, -0.25) is 9.59 Å². The summed E-state index contributed by atoms with van der Waals surface area (Å²) in [7, 11) is 3.56. The van der Waals surface area contributed by atoms with E-state index in [0.29, 0.717) is 12.5 Å². The van der Waals surface area contributed by atoms with Crippen molar-refractivity contribution in [1.29, 1.82) is 0 Å². The third-order valence-electron chi connectivity index (χ3n) is 3.62. The number of carbonyl (C=O) groups is 2. The van der Waals surface area contributed by atoms with Crippen molar-refractivity contribution in [3.8, 4) is 0 Å². The van der Waals surface area contributed by atoms with Gasteiger partial charge in [0.25, 0.3) is 0 Å². The van der Waals surface area contributed by atoms with E-state index >= 15 is 0 Å². The highest BCUT2D eigenvalue weighted by Crippen LogP contribution is 2.21. The Labute approximate surface area is 104 Å². The average molecular weight is 240 g/mol. The van der Waals surface area contributed by atoms with Gasteiger partial charge >= 0.3 is 0 Å². The molecule has 0 aromatic heterocycles. The third kappa shape index (κ3) is 4.02. The maximum absolute atomic E-state index is 12.0. The summed E-state index contributed by atoms with van der Waals surface area (Å²) in [5.74, 6) is 0.0802. The highest BCUT2D eigenvalue weighted by Gasteiger charge is 2.23. The quantitative estimate of drug-likeness (QED) is 0.749. The zero-order chi connectivity index (χ0) is 12.8. The van der Waals surface area contributed by atoms with Crippen LogP contribution in [0.15, 0.2) is 0 Å². The molecule has 1 fully saturated rings. The van der Waals surface area contributed by atoms with E-state index < -0.39 is 0 Å². The second-order valence-electron chi connectivity index (χ2n) is 4.90. The number of nitrogens with zero attached hydrogens (tertiary/aromatic N) is 2. The molecule has 0 saturated heterocycles. The molecule has 17 heavy (non-hydrogen) atoms. The predicted molar refractivity (Wildman–Crippen MR) is 67.6 cm³/mol. The Hall–Kier alpha value is -1.06. The summed E-state index contributed by atoms with van der Waals surface area (Å²) in [4.78, 5) is 26.8. The molecular weight excluding hydrogens is 216 g/mol. The number of amides is 2. The summed E-state index contributed by atoms with van der Waals surface area (Å²) < 4.78 is 0. The van der Waals surface area contributed by atoms with E-state index in [0.717, 1.165) is 12.8 Å². The van der Waals surface area contributed by atoms with Crippen LogP contribution in [-0.4, -0.2) is 48.3 Å². The Balaban J connectivity index is 2.43. The van der Waals surface area contributed by atoms with Gasteiger partial charge in [0.05, 0.1) is 6.54 Å². The van der Waals surface area contributed by atoms with Gasteiger partial charge in [0.2, 0.25) is 11.8 Å². The molecule has 2 amide bonds. The van der Waals surface area contributed by atoms with Crippen molar-refractivity contribution in [3.63, 3.8) is 0 Å². The number of carbonyl (C=O) groups excluding carboxylic acids is 2. The van der Waals surface area contributed by atoms with Crippen LogP contribution in [0.4, 0.5) is 0 Å². The first-order valence-electron chi connectivity index (χ1n) is 6.56. The smallest absolute Gasteiger partial charge is 0.242 e. The molecule has 98 valence electrons. The largest absolute Gasteiger partial charge is 0.341 e. The van der Waals surface area contributed by atoms with Gasteiger partial charge in [0.1, 0.15) is 0 Å². The van der Waals surface area contributed by atoms with Crippen LogP contribution in [0.5, 0.6) is 0 Å². The molecule has 0 unspecified atom stereocenters. The van der Waals surface area contributed by atoms with Gasteiger partial charge in [0.15, 0.2) is 0 Å². The van der Waals surface area contributed by atoms with Gasteiger partial charge < -0.3 is 9.80 Å². The number of hydrogen-bond donors (Lipinski definition) is 0. The minimum Gasteiger partial charge on any atom is -0.341 e. The molecule has 4 heteroatoms. The summed E-state index contributed by atoms with van der Waals surface area (Å²) in [6, 6.07) is 0.376. The lowest BCUT2D eigenvalue weighted by Gasteiger charge is -2.32. The lowest BCUT2D eigenvalue weighted by atomic mass is 9.94. The normalized spacial score (nSPS) is 16.6. The Morgan fingerprint density at radius 1 is 1.06 bits per heavy atom. The lowest BCUT2D eigenvalue weighted by molar-refractivity contribution is -0.140. The van der Waals surface area contributed by atoms with E-state index in [1.807, 2.05) is 18.9 Å². The molecule has 0 heterocycles. The van der Waals surface area contributed by atoms with Gasteiger partial charge in [-0.1, -0.05) is 26.2 Å². The molecule has 0 aromatic rings. The molecule has 0 aliphatic heterocycles. The highest BCUT2D eigenvalue weighted by molar-refractivity contribution is 5.84. The SMILES string of the molecule is CCC(=O)N(C)CC(=O)N(C)C1CCCCC1. The Morgan fingerprint density at radius 3 is 2.18 bits per heavy atom. The third-order valence-corrected chi connectivity index (χ3v) is 3.62. The van der Waals surface area contributed by atoms with Crippen molar-refractivity contribution in [3.05, 3.63) is 0 Å². The van der Waals surface area contributed by atoms with Crippen LogP contribution < -0.4 is 0 Å². The summed E-state index contributed by atoms with van der Waals surface area (Å²) in [6.07, 6.45) is 6.38. The van der Waals surface area contributed by atoms with Crippen LogP contribution in [0.1, 0.15) is 45.4 Å². The van der Waals surface area contributed by atoms with Crippen molar-refractivity contribution >= 4 is 11.8 Å². The second kappa shape index (κ2) is 6.62. The number of likely N-dealkylation sites (N-methyl/N-ethyl adjacent to an activating group) is 2. The maximum atomic E-state index is 12.0. The zero-order valence-electron chi connectivity index (χ0n) is 11.2. The molecule has 0 radical (unpaired) electrons. The highest BCUT2D eigenvalue weighted by atomic mass is 16.2. The Morgan fingerprint density at radius 2 is 1.65 bits per heavy atom. The summed E-state index contributed by atoms with van der Waals surface area (Å²) >= 11 is 0. The fourth-order valence-corrected chi connectivity index (χ4v) is 2.34. The van der Waals surface area contributed by atoms with Gasteiger partial charge in [-0.15, -0.1) is 0 Å². The van der Waals surface area contributed by atoms with Crippen LogP contribution in [-0.2, 0) is 9.59 Å². The van der Waals surface area contributed by atoms with E-state index in [2.05, 4.69) is 0 Å². The van der Waals surface area contributed by atoms with Crippen LogP contribution in [0.25, 0.3) is 0 Å². The minimum atomic E-state index is 0.0235. The number of rotatable bonds is 4. The monoisotopic (exact) mass is 240 g/mol. The Kier molecular flexibility index (Phi) is 5.45. The molecule has 1 aliphatic carbocycles. The first-order valence-corrected chi connectivity index (χ1v) is 6.56. The van der Waals surface area contributed by atoms with Crippen LogP contribution in [0, 0.1) is 0 Å². The topological polar surface area (TPSA) is 40.6 Å². The van der Waals surface area contributed by atoms with E-state index in [4.69, 9.17) is 0 Å². The molecule has 4 nitrogen and oxygen atoms in total. The van der Waals surface area contributed by atoms with E-state index in [1.165, 1.54) is 24.2 Å². The summed E-state index contributed by atoms with van der Waals surface area (Å²) in [6.45, 7) is 2.02. The molecule has 0 N–H and O–H groups in total. The van der Waals surface area contributed by atoms with Crippen molar-refractivity contribution in [2.75, 3.05) is 20.6 Å². The van der Waals surface area contributed by atoms with Gasteiger partial charge in [0, 0.05) is 26.6 Å². The second-order valence-corrected chi connectivity index (χ2v) is 4.90. The maximum Gasteiger partial charge on any atom is 0.242 e. The molecule has 0 atom stereocenters. The zero-order valence-corrected chi connectivity index (χ0v) is 11.2. The lowest BCUT2D eigenvalue weighted by Crippen LogP contribution is -2.44. The van der Waals surface area contributed by atoms with E-state index in [-0.39, 0.29) is 18.4 Å². The van der Waals surface area contributed by atoms with Gasteiger partial charge in [-0.05, 0) is 12.8 Å². The fraction of sp³-hybridized carbons (Fsp3) is 0.846. The van der Waals surface area contributed by atoms with Crippen molar-refractivity contribution in [1.82, 2.24) is 9.80 Å². The first-order chi connectivity index (χ1) is 8.06. The Bertz CT molecular complexity index is 273. The van der Waals surface area contributed by atoms with Gasteiger partial charge in [-0.2, -0.15) is 0 Å². The van der Waals surface area contributed by atoms with Crippen LogP contribution >= 0.6 is 0 Å². The first kappa shape index (κ1) is 14.0. The van der Waals surface area contributed by atoms with Crippen molar-refractivity contribution in [2.24, 2.45) is 0 Å². The van der Waals surface area contributed by atoms with Crippen molar-refractivity contribution in [2.45, 2.75) is 51.5 Å². The van der Waals surface area contributed by atoms with E-state index in [9.17, 15) is 9.59 Å². The fourth-order valence-electron chi connectivity index (χ4n) is 2.34. The average Bonchev–Trinajstić information content (AvgIpc) is 2.37. The summed E-state index contributed by atoms with van der Waals surface area (Å²) in [5.41, 5.74) is 0. The van der Waals surface area contributed by atoms with Crippen LogP contribution in [0.3, 0.4) is 0 Å². The molecule has 1 saturated carbocycles. The van der Waals surface area contributed by atoms with E-state index in [1.54, 1.807) is 7.05 Å². The molecule has 1 aliphatic rings. The standard InChI is InChI=1S/C13H24N2O2/c1-4-12(16)14(2)10-13(17)15(3)11-8-6-5-7-9-11/h11H,4-10H2,1-3H3. The number of hydrogen-bond acceptors (Lipinski definition) is 2. The van der Waals surface area contributed by atoms with Crippen molar-refractivity contribution < 1.29 is 9.59 Å². The molecule has 1 rings (SSSR count). The minimum absolute atomic E-state index is 0.0235.